The molecule has 2 aromatic rings. The van der Waals surface area contributed by atoms with Crippen LogP contribution in [0.5, 0.6) is 0 Å². The molecule has 0 atom stereocenters. The Morgan fingerprint density at radius 3 is 2.84 bits per heavy atom. The summed E-state index contributed by atoms with van der Waals surface area (Å²) in [5.74, 6) is 0.538. The molecule has 1 aromatic carbocycles. The highest BCUT2D eigenvalue weighted by molar-refractivity contribution is 6.35. The molecule has 0 fully saturated rings. The number of amides is 1. The van der Waals surface area contributed by atoms with E-state index in [0.717, 1.165) is 5.82 Å². The molecule has 19 heavy (non-hydrogen) atoms. The highest BCUT2D eigenvalue weighted by atomic mass is 35.5. The van der Waals surface area contributed by atoms with Crippen LogP contribution in [0.15, 0.2) is 24.4 Å². The maximum Gasteiger partial charge on any atom is 0.273 e. The zero-order valence-corrected chi connectivity index (χ0v) is 12.1. The molecular formula is C13H13Cl2N3O. The number of carbonyl (C=O) groups excluding carboxylic acids is 1. The van der Waals surface area contributed by atoms with Crippen molar-refractivity contribution in [1.82, 2.24) is 9.55 Å². The van der Waals surface area contributed by atoms with Gasteiger partial charge in [-0.25, -0.2) is 4.98 Å². The average Bonchev–Trinajstić information content (AvgIpc) is 2.75. The van der Waals surface area contributed by atoms with Crippen LogP contribution in [0.1, 0.15) is 23.2 Å². The quantitative estimate of drug-likeness (QED) is 0.937. The molecule has 0 aliphatic rings. The summed E-state index contributed by atoms with van der Waals surface area (Å²) in [6.45, 7) is 4.49. The van der Waals surface area contributed by atoms with E-state index in [0.29, 0.717) is 28.0 Å². The van der Waals surface area contributed by atoms with Crippen molar-refractivity contribution in [3.05, 3.63) is 46.0 Å². The number of benzene rings is 1. The van der Waals surface area contributed by atoms with Gasteiger partial charge in [-0.1, -0.05) is 23.2 Å². The number of aromatic nitrogens is 2. The minimum atomic E-state index is -0.258. The lowest BCUT2D eigenvalue weighted by Gasteiger charge is -2.09. The monoisotopic (exact) mass is 297 g/mol. The number of anilines is 1. The number of imidazole rings is 1. The lowest BCUT2D eigenvalue weighted by Crippen LogP contribution is -2.17. The molecule has 100 valence electrons. The molecule has 6 heteroatoms. The van der Waals surface area contributed by atoms with E-state index in [4.69, 9.17) is 23.2 Å². The molecule has 0 saturated heterocycles. The Labute approximate surface area is 121 Å². The van der Waals surface area contributed by atoms with Gasteiger partial charge in [-0.3, -0.25) is 4.79 Å². The molecule has 1 N–H and O–H groups in total. The first-order chi connectivity index (χ1) is 9.02. The second-order valence-corrected chi connectivity index (χ2v) is 4.86. The third-order valence-corrected chi connectivity index (χ3v) is 3.35. The van der Waals surface area contributed by atoms with Gasteiger partial charge >= 0.3 is 0 Å². The number of aryl methyl sites for hydroxylation is 1. The van der Waals surface area contributed by atoms with Crippen molar-refractivity contribution >= 4 is 34.8 Å². The van der Waals surface area contributed by atoms with Gasteiger partial charge in [0, 0.05) is 11.6 Å². The summed E-state index contributed by atoms with van der Waals surface area (Å²) in [5.41, 5.74) is 0.983. The predicted molar refractivity (Wildman–Crippen MR) is 77.1 cm³/mol. The van der Waals surface area contributed by atoms with Crippen LogP contribution in [0.25, 0.3) is 0 Å². The molecule has 2 rings (SSSR count). The Morgan fingerprint density at radius 1 is 1.42 bits per heavy atom. The minimum absolute atomic E-state index is 0.258. The fourth-order valence-corrected chi connectivity index (χ4v) is 2.17. The normalized spacial score (nSPS) is 10.5. The van der Waals surface area contributed by atoms with E-state index in [1.807, 2.05) is 18.4 Å². The summed E-state index contributed by atoms with van der Waals surface area (Å²) in [5, 5.41) is 3.69. The van der Waals surface area contributed by atoms with Crippen LogP contribution < -0.4 is 5.32 Å². The Balaban J connectivity index is 2.28. The lowest BCUT2D eigenvalue weighted by atomic mass is 10.3. The van der Waals surface area contributed by atoms with E-state index >= 15 is 0 Å². The fraction of sp³-hybridized carbons (Fsp3) is 0.231. The maximum atomic E-state index is 12.2. The van der Waals surface area contributed by atoms with Crippen LogP contribution >= 0.6 is 23.2 Å². The van der Waals surface area contributed by atoms with Crippen molar-refractivity contribution in [2.45, 2.75) is 20.4 Å². The molecule has 0 saturated carbocycles. The molecule has 4 nitrogen and oxygen atoms in total. The third-order valence-electron chi connectivity index (χ3n) is 2.78. The van der Waals surface area contributed by atoms with E-state index in [1.54, 1.807) is 24.4 Å². The molecular weight excluding hydrogens is 285 g/mol. The van der Waals surface area contributed by atoms with E-state index in [9.17, 15) is 4.79 Å². The zero-order valence-electron chi connectivity index (χ0n) is 10.6. The predicted octanol–water partition coefficient (Wildman–Crippen LogP) is 3.77. The van der Waals surface area contributed by atoms with Crippen LogP contribution in [-0.4, -0.2) is 15.5 Å². The zero-order chi connectivity index (χ0) is 14.0. The molecule has 0 radical (unpaired) electrons. The first-order valence-corrected chi connectivity index (χ1v) is 6.57. The summed E-state index contributed by atoms with van der Waals surface area (Å²) in [7, 11) is 0. The van der Waals surface area contributed by atoms with Crippen molar-refractivity contribution in [1.29, 1.82) is 0 Å². The van der Waals surface area contributed by atoms with Crippen molar-refractivity contribution in [3.8, 4) is 0 Å². The van der Waals surface area contributed by atoms with Crippen molar-refractivity contribution < 1.29 is 4.79 Å². The van der Waals surface area contributed by atoms with Crippen LogP contribution in [0.2, 0.25) is 10.0 Å². The largest absolute Gasteiger partial charge is 0.325 e. The Kier molecular flexibility index (Phi) is 4.12. The number of rotatable bonds is 3. The van der Waals surface area contributed by atoms with Gasteiger partial charge in [0.05, 0.1) is 16.9 Å². The number of nitrogens with one attached hydrogen (secondary N) is 1. The Morgan fingerprint density at radius 2 is 2.16 bits per heavy atom. The second-order valence-electron chi connectivity index (χ2n) is 4.01. The number of halogens is 2. The van der Waals surface area contributed by atoms with Gasteiger partial charge in [0.2, 0.25) is 0 Å². The topological polar surface area (TPSA) is 46.9 Å². The number of nitrogens with zero attached hydrogens (tertiary/aromatic N) is 2. The molecule has 0 bridgehead atoms. The van der Waals surface area contributed by atoms with Gasteiger partial charge < -0.3 is 9.88 Å². The van der Waals surface area contributed by atoms with E-state index in [1.165, 1.54) is 0 Å². The Bertz CT molecular complexity index is 622. The first-order valence-electron chi connectivity index (χ1n) is 5.81. The molecule has 0 unspecified atom stereocenters. The molecule has 0 spiro atoms. The first kappa shape index (κ1) is 13.9. The smallest absolute Gasteiger partial charge is 0.273 e. The molecule has 1 amide bonds. The maximum absolute atomic E-state index is 12.2. The lowest BCUT2D eigenvalue weighted by molar-refractivity contribution is 0.101. The van der Waals surface area contributed by atoms with Gasteiger partial charge in [0.25, 0.3) is 5.91 Å². The molecule has 1 aromatic heterocycles. The standard InChI is InChI=1S/C13H13Cl2N3O/c1-3-18-8(2)16-7-12(18)13(19)17-11-6-9(14)4-5-10(11)15/h4-7H,3H2,1-2H3,(H,17,19). The summed E-state index contributed by atoms with van der Waals surface area (Å²) in [6, 6.07) is 4.92. The summed E-state index contributed by atoms with van der Waals surface area (Å²) in [6.07, 6.45) is 1.55. The van der Waals surface area contributed by atoms with Crippen LogP contribution in [0.4, 0.5) is 5.69 Å². The van der Waals surface area contributed by atoms with E-state index < -0.39 is 0 Å². The summed E-state index contributed by atoms with van der Waals surface area (Å²) in [4.78, 5) is 16.3. The second kappa shape index (κ2) is 5.63. The SMILES string of the molecule is CCn1c(C(=O)Nc2cc(Cl)ccc2Cl)cnc1C. The van der Waals surface area contributed by atoms with Crippen molar-refractivity contribution in [2.24, 2.45) is 0 Å². The third kappa shape index (κ3) is 2.91. The van der Waals surface area contributed by atoms with Crippen molar-refractivity contribution in [3.63, 3.8) is 0 Å². The molecule has 0 aliphatic carbocycles. The van der Waals surface area contributed by atoms with E-state index in [-0.39, 0.29) is 5.91 Å². The minimum Gasteiger partial charge on any atom is -0.325 e. The highest BCUT2D eigenvalue weighted by Gasteiger charge is 2.15. The van der Waals surface area contributed by atoms with Crippen molar-refractivity contribution in [2.75, 3.05) is 5.32 Å². The van der Waals surface area contributed by atoms with Gasteiger partial charge in [-0.15, -0.1) is 0 Å². The fourth-order valence-electron chi connectivity index (χ4n) is 1.83. The molecule has 1 heterocycles. The van der Waals surface area contributed by atoms with Crippen LogP contribution in [-0.2, 0) is 6.54 Å². The number of hydrogen-bond acceptors (Lipinski definition) is 2. The Hall–Kier alpha value is -1.52. The summed E-state index contributed by atoms with van der Waals surface area (Å²) >= 11 is 11.9. The number of hydrogen-bond donors (Lipinski definition) is 1. The van der Waals surface area contributed by atoms with Gasteiger partial charge in [-0.2, -0.15) is 0 Å². The molecule has 0 aliphatic heterocycles. The van der Waals surface area contributed by atoms with Gasteiger partial charge in [-0.05, 0) is 32.0 Å². The number of carbonyl (C=O) groups is 1. The van der Waals surface area contributed by atoms with Crippen LogP contribution in [0, 0.1) is 6.92 Å². The highest BCUT2D eigenvalue weighted by Crippen LogP contribution is 2.25. The van der Waals surface area contributed by atoms with Crippen LogP contribution in [0.3, 0.4) is 0 Å². The summed E-state index contributed by atoms with van der Waals surface area (Å²) < 4.78 is 1.83. The van der Waals surface area contributed by atoms with E-state index in [2.05, 4.69) is 10.3 Å². The van der Waals surface area contributed by atoms with Gasteiger partial charge in [0.15, 0.2) is 0 Å². The average molecular weight is 298 g/mol. The van der Waals surface area contributed by atoms with Gasteiger partial charge in [0.1, 0.15) is 11.5 Å².